The zero-order valence-electron chi connectivity index (χ0n) is 26.8. The minimum absolute atomic E-state index is 0.0722. The van der Waals surface area contributed by atoms with Crippen LogP contribution in [0.15, 0.2) is 18.2 Å². The van der Waals surface area contributed by atoms with Gasteiger partial charge in [0.25, 0.3) is 5.88 Å². The van der Waals surface area contributed by atoms with Gasteiger partial charge in [-0.05, 0) is 38.5 Å². The highest BCUT2D eigenvalue weighted by Gasteiger charge is 2.36. The molecule has 0 bridgehead atoms. The molecule has 7 heteroatoms. The SMILES string of the molecule is CCCCCCCC/C=C\CCCCCCCC(=O)OC(C)[N+]1(C)CCC=C(c2nsnc2OCCCCCC)C1. The predicted octanol–water partition coefficient (Wildman–Crippen LogP) is 9.66. The number of aromatic nitrogens is 2. The zero-order chi connectivity index (χ0) is 29.6. The minimum atomic E-state index is -0.195. The lowest BCUT2D eigenvalue weighted by Gasteiger charge is -2.41. The Morgan fingerprint density at radius 1 is 0.902 bits per heavy atom. The normalized spacial score (nSPS) is 18.0. The number of likely N-dealkylation sites (N-methyl/N-ethyl adjacent to an activating group) is 1. The molecule has 6 nitrogen and oxygen atoms in total. The van der Waals surface area contributed by atoms with Crippen molar-refractivity contribution in [1.82, 2.24) is 8.75 Å². The summed E-state index contributed by atoms with van der Waals surface area (Å²) in [4.78, 5) is 12.6. The maximum absolute atomic E-state index is 12.6. The Kier molecular flexibility index (Phi) is 18.9. The number of hydrogen-bond donors (Lipinski definition) is 0. The third-order valence-electron chi connectivity index (χ3n) is 8.38. The first-order valence-corrected chi connectivity index (χ1v) is 17.6. The van der Waals surface area contributed by atoms with E-state index in [2.05, 4.69) is 47.9 Å². The molecular formula is C34H60N3O3S+. The van der Waals surface area contributed by atoms with Crippen LogP contribution in [0.5, 0.6) is 5.88 Å². The Morgan fingerprint density at radius 3 is 2.20 bits per heavy atom. The summed E-state index contributed by atoms with van der Waals surface area (Å²) in [6, 6.07) is 0. The van der Waals surface area contributed by atoms with Crippen molar-refractivity contribution in [2.45, 2.75) is 149 Å². The molecule has 0 saturated carbocycles. The molecule has 1 aromatic rings. The predicted molar refractivity (Wildman–Crippen MR) is 173 cm³/mol. The largest absolute Gasteiger partial charge is 0.475 e. The van der Waals surface area contributed by atoms with E-state index in [0.717, 1.165) is 50.0 Å². The minimum Gasteiger partial charge on any atom is -0.475 e. The van der Waals surface area contributed by atoms with Gasteiger partial charge in [0, 0.05) is 25.3 Å². The van der Waals surface area contributed by atoms with Crippen LogP contribution in [0.2, 0.25) is 0 Å². The molecule has 2 atom stereocenters. The van der Waals surface area contributed by atoms with Crippen LogP contribution >= 0.6 is 11.7 Å². The number of nitrogens with zero attached hydrogens (tertiary/aromatic N) is 3. The molecule has 0 aliphatic carbocycles. The highest BCUT2D eigenvalue weighted by Crippen LogP contribution is 2.31. The summed E-state index contributed by atoms with van der Waals surface area (Å²) < 4.78 is 21.6. The number of rotatable bonds is 24. The average molecular weight is 591 g/mol. The summed E-state index contributed by atoms with van der Waals surface area (Å²) in [6.45, 7) is 8.90. The summed E-state index contributed by atoms with van der Waals surface area (Å²) in [6.07, 6.45) is 29.2. The van der Waals surface area contributed by atoms with E-state index in [1.54, 1.807) is 0 Å². The second-order valence-corrected chi connectivity index (χ2v) is 12.7. The number of esters is 1. The van der Waals surface area contributed by atoms with Crippen LogP contribution in [0.1, 0.15) is 148 Å². The molecule has 2 heterocycles. The lowest BCUT2D eigenvalue weighted by Crippen LogP contribution is -2.55. The van der Waals surface area contributed by atoms with E-state index in [0.29, 0.717) is 23.4 Å². The fourth-order valence-corrected chi connectivity index (χ4v) is 5.96. The molecule has 0 aromatic carbocycles. The standard InChI is InChI=1S/C34H60N3O3S/c1-5-7-9-11-12-13-14-15-16-17-18-19-20-21-22-26-32(38)40-30(3)37(4)27-24-25-31(29-37)33-34(36-41-35-33)39-28-23-10-8-6-2/h15-16,25,30H,5-14,17-24,26-29H2,1-4H3/q+1/b16-15-. The molecule has 1 aliphatic rings. The number of carbonyl (C=O) groups excluding carboxylic acids is 1. The monoisotopic (exact) mass is 590 g/mol. The number of quaternary nitrogens is 1. The van der Waals surface area contributed by atoms with Crippen LogP contribution in [0, 0.1) is 0 Å². The molecule has 0 amide bonds. The van der Waals surface area contributed by atoms with Crippen molar-refractivity contribution in [3.63, 3.8) is 0 Å². The lowest BCUT2D eigenvalue weighted by molar-refractivity contribution is -0.944. The van der Waals surface area contributed by atoms with Crippen LogP contribution in [0.4, 0.5) is 0 Å². The summed E-state index contributed by atoms with van der Waals surface area (Å²) in [5.74, 6) is 0.581. The van der Waals surface area contributed by atoms with Gasteiger partial charge in [-0.15, -0.1) is 4.37 Å². The van der Waals surface area contributed by atoms with E-state index in [4.69, 9.17) is 9.47 Å². The van der Waals surface area contributed by atoms with E-state index in [-0.39, 0.29) is 12.2 Å². The fraction of sp³-hybridized carbons (Fsp3) is 0.794. The van der Waals surface area contributed by atoms with E-state index in [1.807, 2.05) is 6.92 Å². The Bertz CT molecular complexity index is 884. The fourth-order valence-electron chi connectivity index (χ4n) is 5.43. The number of carbonyl (C=O) groups is 1. The molecule has 1 aliphatic heterocycles. The lowest BCUT2D eigenvalue weighted by atomic mass is 10.0. The van der Waals surface area contributed by atoms with Crippen molar-refractivity contribution in [2.75, 3.05) is 26.7 Å². The first-order chi connectivity index (χ1) is 20.0. The Morgan fingerprint density at radius 2 is 1.51 bits per heavy atom. The van der Waals surface area contributed by atoms with Crippen molar-refractivity contribution < 1.29 is 18.8 Å². The first-order valence-electron chi connectivity index (χ1n) is 16.8. The molecule has 234 valence electrons. The maximum atomic E-state index is 12.6. The summed E-state index contributed by atoms with van der Waals surface area (Å²) in [7, 11) is 2.18. The maximum Gasteiger partial charge on any atom is 0.310 e. The topological polar surface area (TPSA) is 61.3 Å². The van der Waals surface area contributed by atoms with Crippen molar-refractivity contribution >= 4 is 23.3 Å². The van der Waals surface area contributed by atoms with Crippen LogP contribution < -0.4 is 4.74 Å². The van der Waals surface area contributed by atoms with E-state index >= 15 is 0 Å². The Labute approximate surface area is 255 Å². The molecule has 0 spiro atoms. The van der Waals surface area contributed by atoms with Gasteiger partial charge in [0.05, 0.1) is 31.9 Å². The highest BCUT2D eigenvalue weighted by molar-refractivity contribution is 6.99. The van der Waals surface area contributed by atoms with Gasteiger partial charge in [0.2, 0.25) is 6.23 Å². The summed E-state index contributed by atoms with van der Waals surface area (Å²) in [5, 5.41) is 0. The van der Waals surface area contributed by atoms with Crippen LogP contribution in [-0.4, -0.2) is 52.2 Å². The molecule has 2 unspecified atom stereocenters. The van der Waals surface area contributed by atoms with Crippen LogP contribution in [-0.2, 0) is 9.53 Å². The quantitative estimate of drug-likeness (QED) is 0.0519. The number of hydrogen-bond acceptors (Lipinski definition) is 6. The molecular weight excluding hydrogens is 530 g/mol. The van der Waals surface area contributed by atoms with Crippen LogP contribution in [0.25, 0.3) is 5.57 Å². The molecule has 1 aromatic heterocycles. The molecule has 2 rings (SSSR count). The summed E-state index contributed by atoms with van der Waals surface area (Å²) in [5.41, 5.74) is 2.01. The zero-order valence-corrected chi connectivity index (χ0v) is 27.7. The summed E-state index contributed by atoms with van der Waals surface area (Å²) >= 11 is 1.21. The van der Waals surface area contributed by atoms with Gasteiger partial charge < -0.3 is 9.47 Å². The number of unbranched alkanes of at least 4 members (excludes halogenated alkanes) is 14. The molecule has 0 fully saturated rings. The molecule has 0 radical (unpaired) electrons. The molecule has 0 saturated heterocycles. The van der Waals surface area contributed by atoms with Gasteiger partial charge in [-0.1, -0.05) is 103 Å². The second-order valence-electron chi connectivity index (χ2n) is 12.1. The molecule has 0 N–H and O–H groups in total. The van der Waals surface area contributed by atoms with E-state index in [1.165, 1.54) is 102 Å². The average Bonchev–Trinajstić information content (AvgIpc) is 3.43. The van der Waals surface area contributed by atoms with Gasteiger partial charge >= 0.3 is 5.97 Å². The van der Waals surface area contributed by atoms with Gasteiger partial charge in [0.1, 0.15) is 12.2 Å². The van der Waals surface area contributed by atoms with Crippen molar-refractivity contribution in [3.05, 3.63) is 23.9 Å². The Hall–Kier alpha value is -1.73. The van der Waals surface area contributed by atoms with Crippen molar-refractivity contribution in [3.8, 4) is 5.88 Å². The van der Waals surface area contributed by atoms with Gasteiger partial charge in [-0.25, -0.2) is 0 Å². The van der Waals surface area contributed by atoms with Gasteiger partial charge in [-0.3, -0.25) is 9.28 Å². The van der Waals surface area contributed by atoms with Gasteiger partial charge in [0.15, 0.2) is 0 Å². The Balaban J connectivity index is 1.59. The van der Waals surface area contributed by atoms with E-state index in [9.17, 15) is 4.79 Å². The first kappa shape index (κ1) is 35.5. The number of allylic oxidation sites excluding steroid dienone is 2. The van der Waals surface area contributed by atoms with Crippen LogP contribution in [0.3, 0.4) is 0 Å². The smallest absolute Gasteiger partial charge is 0.310 e. The number of ether oxygens (including phenoxy) is 2. The second kappa shape index (κ2) is 21.9. The third kappa shape index (κ3) is 14.8. The van der Waals surface area contributed by atoms with Crippen molar-refractivity contribution in [1.29, 1.82) is 0 Å². The highest BCUT2D eigenvalue weighted by atomic mass is 32.1. The molecule has 41 heavy (non-hydrogen) atoms. The van der Waals surface area contributed by atoms with Gasteiger partial charge in [-0.2, -0.15) is 4.37 Å². The van der Waals surface area contributed by atoms with Crippen molar-refractivity contribution in [2.24, 2.45) is 0 Å². The third-order valence-corrected chi connectivity index (χ3v) is 8.90. The van der Waals surface area contributed by atoms with E-state index < -0.39 is 0 Å².